The number of hydrogen-bond donors (Lipinski definition) is 0. The summed E-state index contributed by atoms with van der Waals surface area (Å²) in [5.41, 5.74) is 0.321. The topological polar surface area (TPSA) is 83.8 Å². The number of nitro groups is 1. The van der Waals surface area contributed by atoms with Crippen molar-refractivity contribution in [2.24, 2.45) is 0 Å². The number of carbonyl (C=O) groups is 2. The van der Waals surface area contributed by atoms with Gasteiger partial charge >= 0.3 is 0 Å². The van der Waals surface area contributed by atoms with Crippen molar-refractivity contribution in [3.63, 3.8) is 0 Å². The molecule has 2 amide bonds. The number of amides is 2. The second-order valence-corrected chi connectivity index (χ2v) is 7.01. The van der Waals surface area contributed by atoms with E-state index < -0.39 is 11.0 Å². The monoisotopic (exact) mass is 361 g/mol. The highest BCUT2D eigenvalue weighted by molar-refractivity contribution is 7.99. The largest absolute Gasteiger partial charge is 0.341 e. The Hall–Kier alpha value is -2.35. The van der Waals surface area contributed by atoms with Crippen LogP contribution in [0.25, 0.3) is 6.08 Å². The average molecular weight is 361 g/mol. The third kappa shape index (κ3) is 3.84. The van der Waals surface area contributed by atoms with Gasteiger partial charge in [0, 0.05) is 31.0 Å². The summed E-state index contributed by atoms with van der Waals surface area (Å²) in [4.78, 5) is 39.0. The number of nitro benzene ring substituents is 1. The molecule has 25 heavy (non-hydrogen) atoms. The lowest BCUT2D eigenvalue weighted by atomic mass is 10.1. The molecule has 2 fully saturated rings. The van der Waals surface area contributed by atoms with Crippen molar-refractivity contribution in [2.45, 2.75) is 18.9 Å². The van der Waals surface area contributed by atoms with E-state index in [9.17, 15) is 19.7 Å². The van der Waals surface area contributed by atoms with E-state index >= 15 is 0 Å². The van der Waals surface area contributed by atoms with Gasteiger partial charge < -0.3 is 9.80 Å². The van der Waals surface area contributed by atoms with Gasteiger partial charge in [-0.2, -0.15) is 0 Å². The second kappa shape index (κ2) is 7.69. The number of thioether (sulfide) groups is 1. The molecule has 2 aliphatic rings. The molecule has 0 aromatic heterocycles. The van der Waals surface area contributed by atoms with Gasteiger partial charge in [-0.15, -0.1) is 11.8 Å². The van der Waals surface area contributed by atoms with E-state index in [0.29, 0.717) is 17.2 Å². The average Bonchev–Trinajstić information content (AvgIpc) is 3.30. The highest BCUT2D eigenvalue weighted by atomic mass is 32.2. The molecule has 1 atom stereocenters. The number of para-hydroxylation sites is 1. The zero-order chi connectivity index (χ0) is 17.8. The minimum absolute atomic E-state index is 0.00921. The lowest BCUT2D eigenvalue weighted by molar-refractivity contribution is -0.385. The Balaban J connectivity index is 1.72. The summed E-state index contributed by atoms with van der Waals surface area (Å²) in [5, 5.41) is 11.0. The van der Waals surface area contributed by atoms with Crippen molar-refractivity contribution in [3.05, 3.63) is 46.0 Å². The fraction of sp³-hybridized carbons (Fsp3) is 0.412. The van der Waals surface area contributed by atoms with Crippen LogP contribution < -0.4 is 0 Å². The van der Waals surface area contributed by atoms with Crippen molar-refractivity contribution in [1.82, 2.24) is 9.80 Å². The standard InChI is InChI=1S/C17H19N3O4S/c21-16(8-7-13-5-1-2-6-14(13)20(23)24)19-12-25-11-15(19)17(22)18-9-3-4-10-18/h1-2,5-8,15H,3-4,9-12H2/b8-7+. The number of hydrogen-bond acceptors (Lipinski definition) is 5. The first-order chi connectivity index (χ1) is 12.1. The maximum Gasteiger partial charge on any atom is 0.276 e. The second-order valence-electron chi connectivity index (χ2n) is 6.01. The summed E-state index contributed by atoms with van der Waals surface area (Å²) in [6, 6.07) is 5.82. The number of likely N-dealkylation sites (tertiary alicyclic amines) is 1. The van der Waals surface area contributed by atoms with Crippen LogP contribution in [0.5, 0.6) is 0 Å². The Bertz CT molecular complexity index is 716. The Morgan fingerprint density at radius 3 is 2.68 bits per heavy atom. The summed E-state index contributed by atoms with van der Waals surface area (Å²) < 4.78 is 0. The van der Waals surface area contributed by atoms with Crippen LogP contribution in [0.15, 0.2) is 30.3 Å². The Morgan fingerprint density at radius 1 is 1.24 bits per heavy atom. The van der Waals surface area contributed by atoms with Gasteiger partial charge in [-0.3, -0.25) is 19.7 Å². The molecule has 2 aliphatic heterocycles. The van der Waals surface area contributed by atoms with Crippen LogP contribution in [-0.2, 0) is 9.59 Å². The minimum atomic E-state index is -0.477. The van der Waals surface area contributed by atoms with E-state index in [0.717, 1.165) is 25.9 Å². The van der Waals surface area contributed by atoms with Crippen molar-refractivity contribution >= 4 is 35.3 Å². The van der Waals surface area contributed by atoms with Crippen LogP contribution in [0.1, 0.15) is 18.4 Å². The van der Waals surface area contributed by atoms with Gasteiger partial charge in [0.05, 0.1) is 16.4 Å². The van der Waals surface area contributed by atoms with E-state index in [4.69, 9.17) is 0 Å². The number of nitrogens with zero attached hydrogens (tertiary/aromatic N) is 3. The zero-order valence-electron chi connectivity index (χ0n) is 13.7. The summed E-state index contributed by atoms with van der Waals surface area (Å²) in [6.45, 7) is 1.52. The quantitative estimate of drug-likeness (QED) is 0.466. The number of rotatable bonds is 4. The third-order valence-electron chi connectivity index (χ3n) is 4.41. The molecule has 0 N–H and O–H groups in total. The molecule has 132 valence electrons. The van der Waals surface area contributed by atoms with Crippen molar-refractivity contribution in [3.8, 4) is 0 Å². The lowest BCUT2D eigenvalue weighted by Gasteiger charge is -2.26. The zero-order valence-corrected chi connectivity index (χ0v) is 14.5. The van der Waals surface area contributed by atoms with E-state index in [-0.39, 0.29) is 17.5 Å². The molecule has 1 aromatic rings. The lowest BCUT2D eigenvalue weighted by Crippen LogP contribution is -2.47. The number of benzene rings is 1. The van der Waals surface area contributed by atoms with E-state index in [1.165, 1.54) is 18.2 Å². The predicted octanol–water partition coefficient (Wildman–Crippen LogP) is 2.13. The highest BCUT2D eigenvalue weighted by Crippen LogP contribution is 2.25. The normalized spacial score (nSPS) is 20.4. The van der Waals surface area contributed by atoms with Gasteiger partial charge in [0.25, 0.3) is 5.69 Å². The molecule has 0 radical (unpaired) electrons. The van der Waals surface area contributed by atoms with Crippen LogP contribution in [-0.4, -0.2) is 57.3 Å². The molecule has 8 heteroatoms. The fourth-order valence-corrected chi connectivity index (χ4v) is 4.22. The van der Waals surface area contributed by atoms with Crippen LogP contribution in [0, 0.1) is 10.1 Å². The summed E-state index contributed by atoms with van der Waals surface area (Å²) in [5.74, 6) is 0.778. The summed E-state index contributed by atoms with van der Waals surface area (Å²) in [6.07, 6.45) is 4.79. The maximum atomic E-state index is 12.6. The molecule has 1 unspecified atom stereocenters. The summed E-state index contributed by atoms with van der Waals surface area (Å²) in [7, 11) is 0. The first-order valence-corrected chi connectivity index (χ1v) is 9.32. The maximum absolute atomic E-state index is 12.6. The molecule has 0 saturated carbocycles. The third-order valence-corrected chi connectivity index (χ3v) is 5.42. The van der Waals surface area contributed by atoms with Gasteiger partial charge in [-0.05, 0) is 25.0 Å². The molecular weight excluding hydrogens is 342 g/mol. The SMILES string of the molecule is O=C(C1CSCN1C(=O)/C=C/c1ccccc1[N+](=O)[O-])N1CCCC1. The van der Waals surface area contributed by atoms with Crippen LogP contribution in [0.4, 0.5) is 5.69 Å². The number of carbonyl (C=O) groups excluding carboxylic acids is 2. The van der Waals surface area contributed by atoms with E-state index in [1.54, 1.807) is 34.9 Å². The van der Waals surface area contributed by atoms with Crippen LogP contribution in [0.3, 0.4) is 0 Å². The first-order valence-electron chi connectivity index (χ1n) is 8.16. The Morgan fingerprint density at radius 2 is 1.96 bits per heavy atom. The molecule has 0 spiro atoms. The van der Waals surface area contributed by atoms with Crippen molar-refractivity contribution in [1.29, 1.82) is 0 Å². The van der Waals surface area contributed by atoms with Gasteiger partial charge in [0.2, 0.25) is 11.8 Å². The molecule has 3 rings (SSSR count). The predicted molar refractivity (Wildman–Crippen MR) is 95.9 cm³/mol. The van der Waals surface area contributed by atoms with E-state index in [2.05, 4.69) is 0 Å². The molecule has 7 nitrogen and oxygen atoms in total. The summed E-state index contributed by atoms with van der Waals surface area (Å²) >= 11 is 1.55. The fourth-order valence-electron chi connectivity index (χ4n) is 3.06. The van der Waals surface area contributed by atoms with Gasteiger partial charge in [-0.25, -0.2) is 0 Å². The molecule has 2 saturated heterocycles. The molecule has 2 heterocycles. The van der Waals surface area contributed by atoms with Crippen molar-refractivity contribution in [2.75, 3.05) is 24.7 Å². The first kappa shape index (κ1) is 17.5. The molecule has 1 aromatic carbocycles. The molecule has 0 bridgehead atoms. The smallest absolute Gasteiger partial charge is 0.276 e. The van der Waals surface area contributed by atoms with Gasteiger partial charge in [0.15, 0.2) is 0 Å². The Labute approximate surface area is 149 Å². The Kier molecular flexibility index (Phi) is 5.37. The molecular formula is C17H19N3O4S. The minimum Gasteiger partial charge on any atom is -0.341 e. The van der Waals surface area contributed by atoms with Gasteiger partial charge in [0.1, 0.15) is 6.04 Å². The van der Waals surface area contributed by atoms with Crippen LogP contribution >= 0.6 is 11.8 Å². The highest BCUT2D eigenvalue weighted by Gasteiger charge is 2.36. The van der Waals surface area contributed by atoms with Crippen LogP contribution in [0.2, 0.25) is 0 Å². The van der Waals surface area contributed by atoms with Gasteiger partial charge in [-0.1, -0.05) is 12.1 Å². The van der Waals surface area contributed by atoms with Crippen molar-refractivity contribution < 1.29 is 14.5 Å². The molecule has 0 aliphatic carbocycles. The van der Waals surface area contributed by atoms with E-state index in [1.807, 2.05) is 4.90 Å².